The van der Waals surface area contributed by atoms with Crippen molar-refractivity contribution in [2.24, 2.45) is 0 Å². The van der Waals surface area contributed by atoms with Gasteiger partial charge in [-0.3, -0.25) is 14.4 Å². The quantitative estimate of drug-likeness (QED) is 0.649. The number of nitrogens with zero attached hydrogens (tertiary/aromatic N) is 1. The largest absolute Gasteiger partial charge is 0.343 e. The zero-order valence-electron chi connectivity index (χ0n) is 13.8. The lowest BCUT2D eigenvalue weighted by Gasteiger charge is -2.08. The Bertz CT molecular complexity index is 1070. The summed E-state index contributed by atoms with van der Waals surface area (Å²) in [7, 11) is 0. The van der Waals surface area contributed by atoms with Crippen LogP contribution < -0.4 is 16.0 Å². The van der Waals surface area contributed by atoms with Crippen LogP contribution in [0.3, 0.4) is 0 Å². The molecule has 0 aliphatic carbocycles. The summed E-state index contributed by atoms with van der Waals surface area (Å²) in [4.78, 5) is 39.3. The molecule has 1 aliphatic rings. The van der Waals surface area contributed by atoms with Crippen LogP contribution >= 0.6 is 11.3 Å². The molecule has 0 saturated heterocycles. The Kier molecular flexibility index (Phi) is 3.89. The van der Waals surface area contributed by atoms with Crippen molar-refractivity contribution in [2.75, 3.05) is 17.2 Å². The van der Waals surface area contributed by atoms with Crippen molar-refractivity contribution >= 4 is 50.1 Å². The van der Waals surface area contributed by atoms with E-state index in [1.165, 1.54) is 18.3 Å². The number of fused-ring (bicyclic) bond motifs is 2. The minimum atomic E-state index is -0.275. The van der Waals surface area contributed by atoms with Crippen LogP contribution in [0.1, 0.15) is 17.3 Å². The molecule has 2 aromatic carbocycles. The maximum atomic E-state index is 12.0. The van der Waals surface area contributed by atoms with E-state index in [0.29, 0.717) is 16.4 Å². The van der Waals surface area contributed by atoms with E-state index in [4.69, 9.17) is 0 Å². The van der Waals surface area contributed by atoms with Gasteiger partial charge in [-0.15, -0.1) is 0 Å². The second-order valence-electron chi connectivity index (χ2n) is 5.87. The third-order valence-corrected chi connectivity index (χ3v) is 4.89. The van der Waals surface area contributed by atoms with Crippen LogP contribution in [0.15, 0.2) is 36.4 Å². The predicted octanol–water partition coefficient (Wildman–Crippen LogP) is 2.60. The molecule has 1 aliphatic heterocycles. The van der Waals surface area contributed by atoms with Gasteiger partial charge in [-0.05, 0) is 35.4 Å². The van der Waals surface area contributed by atoms with Crippen LogP contribution in [0.2, 0.25) is 0 Å². The normalized spacial score (nSPS) is 13.6. The van der Waals surface area contributed by atoms with Crippen molar-refractivity contribution < 1.29 is 14.4 Å². The number of nitrogens with one attached hydrogen (secondary N) is 3. The van der Waals surface area contributed by atoms with Crippen molar-refractivity contribution in [1.82, 2.24) is 10.3 Å². The van der Waals surface area contributed by atoms with Crippen LogP contribution in [0.25, 0.3) is 21.3 Å². The van der Waals surface area contributed by atoms with E-state index in [1.807, 2.05) is 24.3 Å². The summed E-state index contributed by atoms with van der Waals surface area (Å²) < 4.78 is 0.933. The Balaban J connectivity index is 1.74. The first-order valence-corrected chi connectivity index (χ1v) is 8.72. The molecule has 0 radical (unpaired) electrons. The van der Waals surface area contributed by atoms with Crippen molar-refractivity contribution in [3.05, 3.63) is 42.0 Å². The van der Waals surface area contributed by atoms with Gasteiger partial charge in [0, 0.05) is 6.92 Å². The molecule has 0 spiro atoms. The summed E-state index contributed by atoms with van der Waals surface area (Å²) in [6.07, 6.45) is 0. The zero-order chi connectivity index (χ0) is 18.3. The highest BCUT2D eigenvalue weighted by molar-refractivity contribution is 7.22. The molecule has 3 N–H and O–H groups in total. The fourth-order valence-electron chi connectivity index (χ4n) is 2.78. The van der Waals surface area contributed by atoms with Crippen molar-refractivity contribution in [3.63, 3.8) is 0 Å². The molecule has 4 rings (SSSR count). The zero-order valence-corrected chi connectivity index (χ0v) is 14.6. The van der Waals surface area contributed by atoms with E-state index in [9.17, 15) is 14.4 Å². The molecule has 1 aromatic heterocycles. The lowest BCUT2D eigenvalue weighted by Crippen LogP contribution is -2.28. The third-order valence-electron chi connectivity index (χ3n) is 3.95. The van der Waals surface area contributed by atoms with Crippen molar-refractivity contribution in [3.8, 4) is 11.1 Å². The Labute approximate surface area is 152 Å². The van der Waals surface area contributed by atoms with Gasteiger partial charge in [0.2, 0.25) is 11.8 Å². The molecule has 26 heavy (non-hydrogen) atoms. The van der Waals surface area contributed by atoms with Gasteiger partial charge < -0.3 is 16.0 Å². The SMILES string of the molecule is CC(=O)Nc1nc2ccc(-c3ccc4c(c3)NC(=O)CNC4=O)cc2s1. The predicted molar refractivity (Wildman–Crippen MR) is 100 cm³/mol. The van der Waals surface area contributed by atoms with Crippen molar-refractivity contribution in [2.45, 2.75) is 6.92 Å². The van der Waals surface area contributed by atoms with Gasteiger partial charge in [-0.25, -0.2) is 4.98 Å². The fourth-order valence-corrected chi connectivity index (χ4v) is 3.73. The summed E-state index contributed by atoms with van der Waals surface area (Å²) in [5.74, 6) is -0.695. The monoisotopic (exact) mass is 366 g/mol. The second-order valence-corrected chi connectivity index (χ2v) is 6.90. The van der Waals surface area contributed by atoms with Gasteiger partial charge in [-0.1, -0.05) is 23.5 Å². The van der Waals surface area contributed by atoms with Gasteiger partial charge in [0.05, 0.1) is 28.0 Å². The molecule has 130 valence electrons. The summed E-state index contributed by atoms with van der Waals surface area (Å²) in [6, 6.07) is 11.1. The molecule has 3 amide bonds. The molecule has 7 nitrogen and oxygen atoms in total. The summed E-state index contributed by atoms with van der Waals surface area (Å²) in [5, 5.41) is 8.55. The van der Waals surface area contributed by atoms with Crippen LogP contribution in [-0.2, 0) is 9.59 Å². The van der Waals surface area contributed by atoms with Crippen LogP contribution in [-0.4, -0.2) is 29.3 Å². The lowest BCUT2D eigenvalue weighted by atomic mass is 10.0. The Morgan fingerprint density at radius 1 is 1.15 bits per heavy atom. The maximum absolute atomic E-state index is 12.0. The van der Waals surface area contributed by atoms with Crippen molar-refractivity contribution in [1.29, 1.82) is 0 Å². The molecule has 3 aromatic rings. The van der Waals surface area contributed by atoms with Gasteiger partial charge in [-0.2, -0.15) is 0 Å². The molecule has 0 fully saturated rings. The number of thiazole rings is 1. The number of hydrogen-bond acceptors (Lipinski definition) is 5. The summed E-state index contributed by atoms with van der Waals surface area (Å²) in [5.41, 5.74) is 3.52. The smallest absolute Gasteiger partial charge is 0.253 e. The summed E-state index contributed by atoms with van der Waals surface area (Å²) >= 11 is 1.39. The maximum Gasteiger partial charge on any atom is 0.253 e. The van der Waals surface area contributed by atoms with E-state index in [-0.39, 0.29) is 24.3 Å². The van der Waals surface area contributed by atoms with Gasteiger partial charge in [0.25, 0.3) is 5.91 Å². The van der Waals surface area contributed by atoms with Crippen LogP contribution in [0, 0.1) is 0 Å². The van der Waals surface area contributed by atoms with Gasteiger partial charge >= 0.3 is 0 Å². The number of benzene rings is 2. The second kappa shape index (κ2) is 6.23. The van der Waals surface area contributed by atoms with E-state index in [2.05, 4.69) is 20.9 Å². The third kappa shape index (κ3) is 3.02. The highest BCUT2D eigenvalue weighted by atomic mass is 32.1. The lowest BCUT2D eigenvalue weighted by molar-refractivity contribution is -0.115. The first-order valence-electron chi connectivity index (χ1n) is 7.90. The number of carbonyl (C=O) groups is 3. The minimum Gasteiger partial charge on any atom is -0.343 e. The molecule has 2 heterocycles. The number of aromatic nitrogens is 1. The highest BCUT2D eigenvalue weighted by Crippen LogP contribution is 2.32. The van der Waals surface area contributed by atoms with Crippen LogP contribution in [0.5, 0.6) is 0 Å². The average Bonchev–Trinajstić information content (AvgIpc) is 2.93. The molecular weight excluding hydrogens is 352 g/mol. The van der Waals surface area contributed by atoms with E-state index in [1.54, 1.807) is 12.1 Å². The first kappa shape index (κ1) is 16.2. The standard InChI is InChI=1S/C18H14N4O3S/c1-9(23)20-18-22-13-5-3-11(7-15(13)26-18)10-2-4-12-14(6-10)21-16(24)8-19-17(12)25/h2-7H,8H2,1H3,(H,19,25)(H,21,24)(H,20,22,23). The van der Waals surface area contributed by atoms with E-state index >= 15 is 0 Å². The van der Waals surface area contributed by atoms with E-state index < -0.39 is 0 Å². The first-order chi connectivity index (χ1) is 12.5. The molecule has 8 heteroatoms. The number of rotatable bonds is 2. The molecule has 0 unspecified atom stereocenters. The van der Waals surface area contributed by atoms with Crippen LogP contribution in [0.4, 0.5) is 10.8 Å². The van der Waals surface area contributed by atoms with E-state index in [0.717, 1.165) is 21.3 Å². The highest BCUT2D eigenvalue weighted by Gasteiger charge is 2.19. The molecule has 0 bridgehead atoms. The number of anilines is 2. The van der Waals surface area contributed by atoms with Gasteiger partial charge in [0.1, 0.15) is 0 Å². The Morgan fingerprint density at radius 3 is 2.73 bits per heavy atom. The number of carbonyl (C=O) groups excluding carboxylic acids is 3. The molecular formula is C18H14N4O3S. The number of hydrogen-bond donors (Lipinski definition) is 3. The average molecular weight is 366 g/mol. The molecule has 0 atom stereocenters. The Morgan fingerprint density at radius 2 is 1.92 bits per heavy atom. The minimum absolute atomic E-state index is 0.0401. The molecule has 0 saturated carbocycles. The summed E-state index contributed by atoms with van der Waals surface area (Å²) in [6.45, 7) is 1.40. The topological polar surface area (TPSA) is 100 Å². The fraction of sp³-hybridized carbons (Fsp3) is 0.111. The number of amides is 3. The Hall–Kier alpha value is -3.26. The van der Waals surface area contributed by atoms with Gasteiger partial charge in [0.15, 0.2) is 5.13 Å².